The number of nitrogens with two attached hydrogens (primary N) is 1. The quantitative estimate of drug-likeness (QED) is 0.863. The highest BCUT2D eigenvalue weighted by molar-refractivity contribution is 5.68. The average molecular weight is 295 g/mol. The van der Waals surface area contributed by atoms with E-state index in [2.05, 4.69) is 15.3 Å². The van der Waals surface area contributed by atoms with Crippen LogP contribution in [0.5, 0.6) is 0 Å². The lowest BCUT2D eigenvalue weighted by Gasteiger charge is -2.34. The highest BCUT2D eigenvalue weighted by Crippen LogP contribution is 2.25. The summed E-state index contributed by atoms with van der Waals surface area (Å²) in [5, 5.41) is 7.09. The molecule has 1 aromatic heterocycles. The molecule has 0 aromatic carbocycles. The van der Waals surface area contributed by atoms with Crippen LogP contribution in [0.2, 0.25) is 0 Å². The van der Waals surface area contributed by atoms with Crippen molar-refractivity contribution in [2.24, 2.45) is 7.05 Å². The van der Waals surface area contributed by atoms with E-state index < -0.39 is 5.60 Å². The van der Waals surface area contributed by atoms with Gasteiger partial charge in [-0.1, -0.05) is 0 Å². The van der Waals surface area contributed by atoms with E-state index in [-0.39, 0.29) is 12.1 Å². The normalized spacial score (nSPS) is 16.9. The van der Waals surface area contributed by atoms with Crippen LogP contribution < -0.4 is 16.0 Å². The minimum Gasteiger partial charge on any atom is -0.444 e. The lowest BCUT2D eigenvalue weighted by atomic mass is 10.1. The molecule has 118 valence electrons. The number of carbonyl (C=O) groups is 1. The smallest absolute Gasteiger partial charge is 0.407 e. The summed E-state index contributed by atoms with van der Waals surface area (Å²) in [6, 6.07) is 0.144. The molecule has 0 unspecified atom stereocenters. The Labute approximate surface area is 125 Å². The molecule has 0 radical (unpaired) electrons. The number of anilines is 2. The molecule has 1 fully saturated rings. The molecule has 0 aliphatic carbocycles. The van der Waals surface area contributed by atoms with Crippen LogP contribution in [0, 0.1) is 0 Å². The van der Waals surface area contributed by atoms with E-state index in [0.717, 1.165) is 31.7 Å². The van der Waals surface area contributed by atoms with Crippen LogP contribution >= 0.6 is 0 Å². The van der Waals surface area contributed by atoms with Crippen LogP contribution in [-0.2, 0) is 11.8 Å². The van der Waals surface area contributed by atoms with Gasteiger partial charge in [0, 0.05) is 26.2 Å². The van der Waals surface area contributed by atoms with E-state index >= 15 is 0 Å². The maximum Gasteiger partial charge on any atom is 0.407 e. The maximum absolute atomic E-state index is 11.8. The largest absolute Gasteiger partial charge is 0.444 e. The molecular formula is C14H25N5O2. The number of nitrogens with one attached hydrogen (secondary N) is 1. The first-order chi connectivity index (χ1) is 9.76. The standard InChI is InChI=1S/C14H25N5O2/c1-14(2,3)21-13(20)17-10-5-7-19(8-6-10)12-11(15)9-16-18(12)4/h9-10H,5-8,15H2,1-4H3,(H,17,20). The highest BCUT2D eigenvalue weighted by atomic mass is 16.6. The minimum atomic E-state index is -0.464. The molecule has 21 heavy (non-hydrogen) atoms. The summed E-state index contributed by atoms with van der Waals surface area (Å²) in [6.07, 6.45) is 3.05. The zero-order valence-electron chi connectivity index (χ0n) is 13.2. The van der Waals surface area contributed by atoms with E-state index in [4.69, 9.17) is 10.5 Å². The minimum absolute atomic E-state index is 0.144. The molecule has 1 aliphatic rings. The molecule has 2 rings (SSSR count). The van der Waals surface area contributed by atoms with Crippen molar-refractivity contribution >= 4 is 17.6 Å². The van der Waals surface area contributed by atoms with E-state index in [1.807, 2.05) is 27.8 Å². The predicted octanol–water partition coefficient (Wildman–Crippen LogP) is 1.50. The van der Waals surface area contributed by atoms with Gasteiger partial charge >= 0.3 is 6.09 Å². The number of hydrogen-bond donors (Lipinski definition) is 2. The predicted molar refractivity (Wildman–Crippen MR) is 82.2 cm³/mol. The lowest BCUT2D eigenvalue weighted by Crippen LogP contribution is -2.46. The third kappa shape index (κ3) is 4.03. The van der Waals surface area contributed by atoms with Crippen LogP contribution in [0.1, 0.15) is 33.6 Å². The monoisotopic (exact) mass is 295 g/mol. The fraction of sp³-hybridized carbons (Fsp3) is 0.714. The fourth-order valence-corrected chi connectivity index (χ4v) is 2.55. The van der Waals surface area contributed by atoms with Gasteiger partial charge in [-0.3, -0.25) is 4.68 Å². The molecule has 0 bridgehead atoms. The topological polar surface area (TPSA) is 85.4 Å². The number of piperidine rings is 1. The first kappa shape index (κ1) is 15.5. The third-order valence-electron chi connectivity index (χ3n) is 3.45. The number of amides is 1. The second kappa shape index (κ2) is 5.83. The van der Waals surface area contributed by atoms with Crippen molar-refractivity contribution in [3.05, 3.63) is 6.20 Å². The van der Waals surface area contributed by atoms with Crippen LogP contribution in [0.25, 0.3) is 0 Å². The molecule has 0 atom stereocenters. The fourth-order valence-electron chi connectivity index (χ4n) is 2.55. The molecule has 7 heteroatoms. The Hall–Kier alpha value is -1.92. The molecule has 0 spiro atoms. The van der Waals surface area contributed by atoms with Crippen molar-refractivity contribution in [1.29, 1.82) is 0 Å². The summed E-state index contributed by atoms with van der Waals surface area (Å²) in [4.78, 5) is 14.0. The number of rotatable bonds is 2. The third-order valence-corrected chi connectivity index (χ3v) is 3.45. The number of carbonyl (C=O) groups excluding carboxylic acids is 1. The molecule has 3 N–H and O–H groups in total. The Kier molecular flexibility index (Phi) is 4.29. The van der Waals surface area contributed by atoms with Crippen molar-refractivity contribution in [1.82, 2.24) is 15.1 Å². The second-order valence-corrected chi connectivity index (χ2v) is 6.45. The van der Waals surface area contributed by atoms with Crippen LogP contribution in [0.4, 0.5) is 16.3 Å². The van der Waals surface area contributed by atoms with Crippen molar-refractivity contribution in [2.45, 2.75) is 45.3 Å². The zero-order valence-corrected chi connectivity index (χ0v) is 13.2. The average Bonchev–Trinajstić information content (AvgIpc) is 2.68. The van der Waals surface area contributed by atoms with Gasteiger partial charge in [-0.15, -0.1) is 0 Å². The van der Waals surface area contributed by atoms with Crippen molar-refractivity contribution < 1.29 is 9.53 Å². The maximum atomic E-state index is 11.8. The molecule has 1 aromatic rings. The van der Waals surface area contributed by atoms with Crippen molar-refractivity contribution in [3.8, 4) is 0 Å². The van der Waals surface area contributed by atoms with Gasteiger partial charge in [0.25, 0.3) is 0 Å². The SMILES string of the molecule is Cn1ncc(N)c1N1CCC(NC(=O)OC(C)(C)C)CC1. The first-order valence-electron chi connectivity index (χ1n) is 7.28. The summed E-state index contributed by atoms with van der Waals surface area (Å²) in [7, 11) is 1.89. The van der Waals surface area contributed by atoms with Gasteiger partial charge < -0.3 is 20.7 Å². The van der Waals surface area contributed by atoms with Gasteiger partial charge in [-0.05, 0) is 33.6 Å². The molecule has 0 saturated carbocycles. The number of hydrogen-bond acceptors (Lipinski definition) is 5. The van der Waals surface area contributed by atoms with E-state index in [0.29, 0.717) is 5.69 Å². The number of ether oxygens (including phenoxy) is 1. The highest BCUT2D eigenvalue weighted by Gasteiger charge is 2.25. The molecule has 7 nitrogen and oxygen atoms in total. The Morgan fingerprint density at radius 3 is 2.52 bits per heavy atom. The van der Waals surface area contributed by atoms with Crippen LogP contribution in [0.15, 0.2) is 6.20 Å². The van der Waals surface area contributed by atoms with E-state index in [9.17, 15) is 4.79 Å². The lowest BCUT2D eigenvalue weighted by molar-refractivity contribution is 0.0497. The second-order valence-electron chi connectivity index (χ2n) is 6.45. The van der Waals surface area contributed by atoms with Gasteiger partial charge in [0.1, 0.15) is 11.4 Å². The van der Waals surface area contributed by atoms with Crippen molar-refractivity contribution in [3.63, 3.8) is 0 Å². The number of nitrogens with zero attached hydrogens (tertiary/aromatic N) is 3. The Balaban J connectivity index is 1.85. The number of aryl methyl sites for hydroxylation is 1. The first-order valence-corrected chi connectivity index (χ1v) is 7.28. The number of nitrogen functional groups attached to an aromatic ring is 1. The Morgan fingerprint density at radius 2 is 2.05 bits per heavy atom. The zero-order chi connectivity index (χ0) is 15.6. The summed E-state index contributed by atoms with van der Waals surface area (Å²) in [5.74, 6) is 0.950. The van der Waals surface area contributed by atoms with Gasteiger partial charge in [-0.25, -0.2) is 4.79 Å². The van der Waals surface area contributed by atoms with Crippen molar-refractivity contribution in [2.75, 3.05) is 23.7 Å². The molecule has 1 amide bonds. The van der Waals surface area contributed by atoms with Gasteiger partial charge in [0.05, 0.1) is 11.9 Å². The van der Waals surface area contributed by atoms with Gasteiger partial charge in [0.2, 0.25) is 0 Å². The van der Waals surface area contributed by atoms with Crippen LogP contribution in [-0.4, -0.2) is 40.6 Å². The summed E-state index contributed by atoms with van der Waals surface area (Å²) in [5.41, 5.74) is 6.17. The van der Waals surface area contributed by atoms with Gasteiger partial charge in [0.15, 0.2) is 0 Å². The number of aromatic nitrogens is 2. The molecular weight excluding hydrogens is 270 g/mol. The molecule has 1 saturated heterocycles. The Morgan fingerprint density at radius 1 is 1.43 bits per heavy atom. The van der Waals surface area contributed by atoms with E-state index in [1.54, 1.807) is 10.9 Å². The summed E-state index contributed by atoms with van der Waals surface area (Å²) < 4.78 is 7.07. The summed E-state index contributed by atoms with van der Waals surface area (Å²) >= 11 is 0. The molecule has 1 aliphatic heterocycles. The van der Waals surface area contributed by atoms with E-state index in [1.165, 1.54) is 0 Å². The van der Waals surface area contributed by atoms with Gasteiger partial charge in [-0.2, -0.15) is 5.10 Å². The summed E-state index contributed by atoms with van der Waals surface area (Å²) in [6.45, 7) is 7.26. The van der Waals surface area contributed by atoms with Crippen LogP contribution in [0.3, 0.4) is 0 Å². The number of alkyl carbamates (subject to hydrolysis) is 1. The molecule has 2 heterocycles. The Bertz CT molecular complexity index is 478.